The molecule has 0 aromatic heterocycles. The minimum Gasteiger partial charge on any atom is -0.383 e. The summed E-state index contributed by atoms with van der Waals surface area (Å²) in [5, 5.41) is 0. The van der Waals surface area contributed by atoms with Gasteiger partial charge in [0, 0.05) is 39.6 Å². The van der Waals surface area contributed by atoms with Crippen LogP contribution < -0.4 is 0 Å². The van der Waals surface area contributed by atoms with Gasteiger partial charge in [-0.3, -0.25) is 0 Å². The van der Waals surface area contributed by atoms with Crippen molar-refractivity contribution >= 4 is 27.6 Å². The first kappa shape index (κ1) is 12.9. The summed E-state index contributed by atoms with van der Waals surface area (Å²) in [5.41, 5.74) is 0.675. The van der Waals surface area contributed by atoms with Crippen LogP contribution >= 0.6 is 0 Å². The van der Waals surface area contributed by atoms with Gasteiger partial charge >= 0.3 is 0 Å². The van der Waals surface area contributed by atoms with Gasteiger partial charge in [-0.05, 0) is 19.3 Å². The number of hydrogen-bond donors (Lipinski definition) is 0. The molecule has 1 heterocycles. The first-order valence-electron chi connectivity index (χ1n) is 3.01. The van der Waals surface area contributed by atoms with Crippen LogP contribution in [0.15, 0.2) is 0 Å². The SMILES string of the molecule is [AlH3].[Cu].[SiH3]C1CCCCO1. The van der Waals surface area contributed by atoms with Gasteiger partial charge < -0.3 is 4.74 Å². The molecule has 1 nitrogen and oxygen atoms in total. The van der Waals surface area contributed by atoms with Gasteiger partial charge in [0.1, 0.15) is 0 Å². The molecule has 1 radical (unpaired) electrons. The molecule has 0 aromatic carbocycles. The Morgan fingerprint density at radius 3 is 2.22 bits per heavy atom. The van der Waals surface area contributed by atoms with Crippen molar-refractivity contribution in [2.75, 3.05) is 6.61 Å². The van der Waals surface area contributed by atoms with Crippen LogP contribution in [-0.2, 0) is 21.8 Å². The van der Waals surface area contributed by atoms with Gasteiger partial charge in [0.2, 0.25) is 0 Å². The maximum absolute atomic E-state index is 5.34. The molecular weight excluding hydrogens is 195 g/mol. The van der Waals surface area contributed by atoms with E-state index in [-0.39, 0.29) is 34.4 Å². The molecule has 0 saturated carbocycles. The van der Waals surface area contributed by atoms with E-state index in [2.05, 4.69) is 0 Å². The molecule has 4 heteroatoms. The summed E-state index contributed by atoms with van der Waals surface area (Å²) in [5.74, 6) is 0. The average Bonchev–Trinajstić information content (AvgIpc) is 1.69. The fraction of sp³-hybridized carbons (Fsp3) is 1.00. The maximum atomic E-state index is 5.34. The molecule has 1 aliphatic heterocycles. The molecule has 0 amide bonds. The molecule has 0 aromatic rings. The van der Waals surface area contributed by atoms with E-state index in [4.69, 9.17) is 4.74 Å². The van der Waals surface area contributed by atoms with Crippen molar-refractivity contribution in [1.82, 2.24) is 0 Å². The average molecular weight is 210 g/mol. The van der Waals surface area contributed by atoms with E-state index < -0.39 is 0 Å². The quantitative estimate of drug-likeness (QED) is 0.451. The van der Waals surface area contributed by atoms with Crippen molar-refractivity contribution in [1.29, 1.82) is 0 Å². The number of ether oxygens (including phenoxy) is 1. The Labute approximate surface area is 80.9 Å². The summed E-state index contributed by atoms with van der Waals surface area (Å²) in [6, 6.07) is 0. The zero-order valence-electron chi connectivity index (χ0n) is 5.12. The van der Waals surface area contributed by atoms with Gasteiger partial charge in [0.05, 0.1) is 0 Å². The van der Waals surface area contributed by atoms with Gasteiger partial charge in [-0.2, -0.15) is 0 Å². The van der Waals surface area contributed by atoms with E-state index in [0.29, 0.717) is 5.73 Å². The summed E-state index contributed by atoms with van der Waals surface area (Å²) in [7, 11) is 1.23. The predicted octanol–water partition coefficient (Wildman–Crippen LogP) is -1.31. The molecule has 0 bridgehead atoms. The fourth-order valence-electron chi connectivity index (χ4n) is 0.902. The minimum absolute atomic E-state index is 0. The van der Waals surface area contributed by atoms with E-state index >= 15 is 0 Å². The topological polar surface area (TPSA) is 9.23 Å². The van der Waals surface area contributed by atoms with Crippen molar-refractivity contribution in [2.24, 2.45) is 0 Å². The van der Waals surface area contributed by atoms with Crippen LogP contribution in [-0.4, -0.2) is 39.9 Å². The third kappa shape index (κ3) is 5.66. The maximum Gasteiger partial charge on any atom is 0.187 e. The van der Waals surface area contributed by atoms with Crippen LogP contribution in [0.1, 0.15) is 19.3 Å². The van der Waals surface area contributed by atoms with Crippen molar-refractivity contribution in [2.45, 2.75) is 25.0 Å². The third-order valence-corrected chi connectivity index (χ3v) is 2.32. The molecule has 1 atom stereocenters. The standard InChI is InChI=1S/C5H12OSi.Al.Cu.3H/c7-5-3-1-2-4-6-5;;;;;/h5H,1-4H2,7H3;;;;;. The number of hydrogen-bond acceptors (Lipinski definition) is 1. The molecular formula is C5H15AlCuOSi. The van der Waals surface area contributed by atoms with Crippen LogP contribution in [0.4, 0.5) is 0 Å². The normalized spacial score (nSPS) is 26.0. The summed E-state index contributed by atoms with van der Waals surface area (Å²) in [6.07, 6.45) is 4.01. The van der Waals surface area contributed by atoms with Gasteiger partial charge in [-0.1, -0.05) is 0 Å². The fourth-order valence-corrected chi connectivity index (χ4v) is 1.55. The third-order valence-electron chi connectivity index (χ3n) is 1.41. The molecule has 1 saturated heterocycles. The van der Waals surface area contributed by atoms with Crippen LogP contribution in [0, 0.1) is 0 Å². The summed E-state index contributed by atoms with van der Waals surface area (Å²) < 4.78 is 5.34. The molecule has 1 aliphatic rings. The minimum atomic E-state index is 0. The number of rotatable bonds is 0. The molecule has 9 heavy (non-hydrogen) atoms. The van der Waals surface area contributed by atoms with E-state index in [1.807, 2.05) is 0 Å². The summed E-state index contributed by atoms with van der Waals surface area (Å²) in [6.45, 7) is 1.02. The van der Waals surface area contributed by atoms with E-state index in [1.54, 1.807) is 0 Å². The van der Waals surface area contributed by atoms with E-state index in [0.717, 1.165) is 6.61 Å². The molecule has 59 valence electrons. The summed E-state index contributed by atoms with van der Waals surface area (Å²) >= 11 is 0. The Hall–Kier alpha value is 1.23. The zero-order chi connectivity index (χ0) is 5.11. The second kappa shape index (κ2) is 7.34. The molecule has 1 unspecified atom stereocenters. The van der Waals surface area contributed by atoms with E-state index in [1.165, 1.54) is 29.5 Å². The van der Waals surface area contributed by atoms with Gasteiger partial charge in [0.15, 0.2) is 17.4 Å². The first-order valence-corrected chi connectivity index (χ1v) is 4.16. The second-order valence-corrected chi connectivity index (χ2v) is 3.47. The molecule has 0 N–H and O–H groups in total. The van der Waals surface area contributed by atoms with E-state index in [9.17, 15) is 0 Å². The van der Waals surface area contributed by atoms with Crippen LogP contribution in [0.25, 0.3) is 0 Å². The smallest absolute Gasteiger partial charge is 0.187 e. The van der Waals surface area contributed by atoms with Crippen molar-refractivity contribution < 1.29 is 21.8 Å². The van der Waals surface area contributed by atoms with Crippen LogP contribution in [0.3, 0.4) is 0 Å². The summed E-state index contributed by atoms with van der Waals surface area (Å²) in [4.78, 5) is 0. The Balaban J connectivity index is 0. The molecule has 1 fully saturated rings. The first-order chi connectivity index (χ1) is 3.39. The zero-order valence-corrected chi connectivity index (χ0v) is 8.06. The molecule has 1 rings (SSSR count). The monoisotopic (exact) mass is 209 g/mol. The van der Waals surface area contributed by atoms with Crippen molar-refractivity contribution in [3.63, 3.8) is 0 Å². The Morgan fingerprint density at radius 2 is 2.00 bits per heavy atom. The van der Waals surface area contributed by atoms with Crippen LogP contribution in [0.2, 0.25) is 0 Å². The van der Waals surface area contributed by atoms with Crippen molar-refractivity contribution in [3.05, 3.63) is 0 Å². The Morgan fingerprint density at radius 1 is 1.33 bits per heavy atom. The Kier molecular flexibility index (Phi) is 10.5. The van der Waals surface area contributed by atoms with Gasteiger partial charge in [0.25, 0.3) is 0 Å². The van der Waals surface area contributed by atoms with Gasteiger partial charge in [-0.25, -0.2) is 0 Å². The Bertz CT molecular complexity index is 58.9. The molecule has 0 aliphatic carbocycles. The predicted molar refractivity (Wildman–Crippen MR) is 43.5 cm³/mol. The van der Waals surface area contributed by atoms with Crippen LogP contribution in [0.5, 0.6) is 0 Å². The van der Waals surface area contributed by atoms with Crippen molar-refractivity contribution in [3.8, 4) is 0 Å². The molecule has 0 spiro atoms. The largest absolute Gasteiger partial charge is 0.383 e. The second-order valence-electron chi connectivity index (χ2n) is 2.18. The van der Waals surface area contributed by atoms with Gasteiger partial charge in [-0.15, -0.1) is 0 Å².